The Bertz CT molecular complexity index is 593. The number of hydrogen-bond acceptors (Lipinski definition) is 4. The topological polar surface area (TPSA) is 64.6 Å². The van der Waals surface area contributed by atoms with Gasteiger partial charge in [0.1, 0.15) is 17.4 Å². The van der Waals surface area contributed by atoms with E-state index in [2.05, 4.69) is 5.32 Å². The average Bonchev–Trinajstić information content (AvgIpc) is 2.38. The normalized spacial score (nSPS) is 12.7. The van der Waals surface area contributed by atoms with Crippen molar-refractivity contribution >= 4 is 23.7 Å². The van der Waals surface area contributed by atoms with E-state index in [0.717, 1.165) is 5.56 Å². The van der Waals surface area contributed by atoms with Gasteiger partial charge in [0.05, 0.1) is 0 Å². The third-order valence-corrected chi connectivity index (χ3v) is 3.27. The number of carbonyl (C=O) groups excluding carboxylic acids is 2. The van der Waals surface area contributed by atoms with Gasteiger partial charge < -0.3 is 14.8 Å². The monoisotopic (exact) mass is 355 g/mol. The molecule has 0 aromatic heterocycles. The number of ether oxygens (including phenoxy) is 2. The van der Waals surface area contributed by atoms with Gasteiger partial charge in [-0.2, -0.15) is 0 Å². The number of carbonyl (C=O) groups is 2. The first-order valence-electron chi connectivity index (χ1n) is 7.95. The number of esters is 1. The van der Waals surface area contributed by atoms with E-state index in [4.69, 9.17) is 21.1 Å². The van der Waals surface area contributed by atoms with Crippen LogP contribution in [-0.4, -0.2) is 23.7 Å². The summed E-state index contributed by atoms with van der Waals surface area (Å²) < 4.78 is 10.6. The summed E-state index contributed by atoms with van der Waals surface area (Å²) >= 11 is 5.90. The van der Waals surface area contributed by atoms with Crippen molar-refractivity contribution in [2.45, 2.75) is 59.6 Å². The maximum atomic E-state index is 12.5. The van der Waals surface area contributed by atoms with Gasteiger partial charge in [0.2, 0.25) is 0 Å². The second-order valence-corrected chi connectivity index (χ2v) is 7.60. The first-order chi connectivity index (χ1) is 11.0. The van der Waals surface area contributed by atoms with Crippen molar-refractivity contribution in [2.24, 2.45) is 5.92 Å². The van der Waals surface area contributed by atoms with Crippen LogP contribution in [-0.2, 0) is 9.53 Å². The fraction of sp³-hybridized carbons (Fsp3) is 0.556. The maximum absolute atomic E-state index is 12.5. The summed E-state index contributed by atoms with van der Waals surface area (Å²) in [6, 6.07) is 4.21. The zero-order chi connectivity index (χ0) is 18.5. The Morgan fingerprint density at radius 2 is 1.88 bits per heavy atom. The van der Waals surface area contributed by atoms with Gasteiger partial charge in [0.25, 0.3) is 0 Å². The van der Waals surface area contributed by atoms with Gasteiger partial charge in [-0.05, 0) is 63.8 Å². The van der Waals surface area contributed by atoms with Crippen molar-refractivity contribution < 1.29 is 19.1 Å². The molecule has 0 aliphatic heterocycles. The molecule has 0 heterocycles. The molecule has 0 bridgehead atoms. The lowest BCUT2D eigenvalue weighted by Crippen LogP contribution is -2.45. The van der Waals surface area contributed by atoms with Crippen LogP contribution in [0.1, 0.15) is 46.6 Å². The zero-order valence-electron chi connectivity index (χ0n) is 15.1. The summed E-state index contributed by atoms with van der Waals surface area (Å²) in [4.78, 5) is 24.4. The summed E-state index contributed by atoms with van der Waals surface area (Å²) in [5.41, 5.74) is 0.111. The Kier molecular flexibility index (Phi) is 7.08. The van der Waals surface area contributed by atoms with E-state index >= 15 is 0 Å². The van der Waals surface area contributed by atoms with Crippen LogP contribution in [0.3, 0.4) is 0 Å². The molecule has 1 atom stereocenters. The van der Waals surface area contributed by atoms with Crippen molar-refractivity contribution in [3.05, 3.63) is 28.8 Å². The maximum Gasteiger partial charge on any atom is 0.408 e. The van der Waals surface area contributed by atoms with E-state index in [1.54, 1.807) is 45.9 Å². The van der Waals surface area contributed by atoms with Crippen LogP contribution in [0, 0.1) is 12.8 Å². The molecule has 0 saturated heterocycles. The van der Waals surface area contributed by atoms with Gasteiger partial charge in [0.15, 0.2) is 0 Å². The van der Waals surface area contributed by atoms with Gasteiger partial charge in [-0.25, -0.2) is 9.59 Å². The molecule has 0 aliphatic rings. The number of nitrogens with one attached hydrogen (secondary N) is 1. The van der Waals surface area contributed by atoms with Gasteiger partial charge in [-0.3, -0.25) is 0 Å². The Hall–Kier alpha value is -1.75. The molecular weight excluding hydrogens is 330 g/mol. The highest BCUT2D eigenvalue weighted by atomic mass is 35.5. The second kappa shape index (κ2) is 8.38. The summed E-state index contributed by atoms with van der Waals surface area (Å²) in [5.74, 6) is 0.0907. The van der Waals surface area contributed by atoms with E-state index in [1.807, 2.05) is 13.8 Å². The molecule has 0 saturated carbocycles. The molecule has 5 nitrogen and oxygen atoms in total. The van der Waals surface area contributed by atoms with Crippen LogP contribution in [0.15, 0.2) is 18.2 Å². The van der Waals surface area contributed by atoms with Crippen molar-refractivity contribution in [3.8, 4) is 5.75 Å². The van der Waals surface area contributed by atoms with E-state index in [-0.39, 0.29) is 5.92 Å². The SMILES string of the molecule is Cc1cc(Cl)ccc1OC(=O)[C@H](CC(C)C)NC(=O)OC(C)(C)C. The van der Waals surface area contributed by atoms with Gasteiger partial charge in [0, 0.05) is 5.02 Å². The van der Waals surface area contributed by atoms with Crippen molar-refractivity contribution in [3.63, 3.8) is 0 Å². The number of amides is 1. The zero-order valence-corrected chi connectivity index (χ0v) is 15.9. The van der Waals surface area contributed by atoms with Crippen LogP contribution in [0.2, 0.25) is 5.02 Å². The molecule has 1 N–H and O–H groups in total. The minimum absolute atomic E-state index is 0.198. The van der Waals surface area contributed by atoms with E-state index in [0.29, 0.717) is 17.2 Å². The Labute approximate surface area is 148 Å². The molecule has 1 amide bonds. The summed E-state index contributed by atoms with van der Waals surface area (Å²) in [6.45, 7) is 11.0. The minimum Gasteiger partial charge on any atom is -0.444 e. The minimum atomic E-state index is -0.782. The lowest BCUT2D eigenvalue weighted by Gasteiger charge is -2.23. The van der Waals surface area contributed by atoms with Crippen LogP contribution in [0.4, 0.5) is 4.79 Å². The van der Waals surface area contributed by atoms with Gasteiger partial charge in [-0.15, -0.1) is 0 Å². The van der Waals surface area contributed by atoms with Gasteiger partial charge in [-0.1, -0.05) is 25.4 Å². The van der Waals surface area contributed by atoms with E-state index in [9.17, 15) is 9.59 Å². The molecule has 1 rings (SSSR count). The van der Waals surface area contributed by atoms with Crippen LogP contribution in [0.25, 0.3) is 0 Å². The first kappa shape index (κ1) is 20.3. The highest BCUT2D eigenvalue weighted by molar-refractivity contribution is 6.30. The van der Waals surface area contributed by atoms with Crippen LogP contribution < -0.4 is 10.1 Å². The number of hydrogen-bond donors (Lipinski definition) is 1. The van der Waals surface area contributed by atoms with Crippen LogP contribution in [0.5, 0.6) is 5.75 Å². The summed E-state index contributed by atoms with van der Waals surface area (Å²) in [6.07, 6.45) is -0.192. The quantitative estimate of drug-likeness (QED) is 0.624. The molecule has 0 unspecified atom stereocenters. The van der Waals surface area contributed by atoms with Crippen molar-refractivity contribution in [1.29, 1.82) is 0 Å². The highest BCUT2D eigenvalue weighted by Crippen LogP contribution is 2.22. The largest absolute Gasteiger partial charge is 0.444 e. The molecule has 1 aromatic rings. The molecule has 0 fully saturated rings. The number of rotatable bonds is 5. The molecule has 134 valence electrons. The predicted molar refractivity (Wildman–Crippen MR) is 94.4 cm³/mol. The Balaban J connectivity index is 2.83. The van der Waals surface area contributed by atoms with Crippen molar-refractivity contribution in [1.82, 2.24) is 5.32 Å². The standard InChI is InChI=1S/C18H26ClNO4/c1-11(2)9-14(20-17(22)24-18(4,5)6)16(21)23-15-8-7-13(19)10-12(15)3/h7-8,10-11,14H,9H2,1-6H3,(H,20,22)/t14-/m0/s1. The molecule has 0 radical (unpaired) electrons. The molecule has 0 aliphatic carbocycles. The highest BCUT2D eigenvalue weighted by Gasteiger charge is 2.27. The molecule has 24 heavy (non-hydrogen) atoms. The van der Waals surface area contributed by atoms with Crippen molar-refractivity contribution in [2.75, 3.05) is 0 Å². The van der Waals surface area contributed by atoms with Gasteiger partial charge >= 0.3 is 12.1 Å². The number of aryl methyl sites for hydroxylation is 1. The molecule has 0 spiro atoms. The number of alkyl carbamates (subject to hydrolysis) is 1. The smallest absolute Gasteiger partial charge is 0.408 e. The fourth-order valence-electron chi connectivity index (χ4n) is 2.04. The molecular formula is C18H26ClNO4. The average molecular weight is 356 g/mol. The Morgan fingerprint density at radius 1 is 1.25 bits per heavy atom. The van der Waals surface area contributed by atoms with E-state index in [1.165, 1.54) is 0 Å². The van der Waals surface area contributed by atoms with E-state index < -0.39 is 23.7 Å². The Morgan fingerprint density at radius 3 is 2.38 bits per heavy atom. The number of halogens is 1. The van der Waals surface area contributed by atoms with Crippen LogP contribution >= 0.6 is 11.6 Å². The lowest BCUT2D eigenvalue weighted by atomic mass is 10.0. The lowest BCUT2D eigenvalue weighted by molar-refractivity contribution is -0.137. The predicted octanol–water partition coefficient (Wildman–Crippen LogP) is 4.49. The number of benzene rings is 1. The third kappa shape index (κ3) is 7.21. The summed E-state index contributed by atoms with van der Waals surface area (Å²) in [5, 5.41) is 3.16. The third-order valence-electron chi connectivity index (χ3n) is 3.03. The molecule has 6 heteroatoms. The first-order valence-corrected chi connectivity index (χ1v) is 8.33. The molecule has 1 aromatic carbocycles. The second-order valence-electron chi connectivity index (χ2n) is 7.16. The fourth-order valence-corrected chi connectivity index (χ4v) is 2.27. The summed E-state index contributed by atoms with van der Waals surface area (Å²) in [7, 11) is 0.